The molecule has 8 nitrogen and oxygen atoms in total. The van der Waals surface area contributed by atoms with Gasteiger partial charge in [0.15, 0.2) is 11.5 Å². The van der Waals surface area contributed by atoms with E-state index >= 15 is 0 Å². The standard InChI is InChI=1S/C26H35FN2O6/c1-16(2)24(29-26(31)35-17(3)4)25(30)28-21(15-34-14-19-9-7-8-10-20(19)27)18-11-12-22(32-5)23(13-18)33-6/h7-13,16-17,21,24H,14-15H2,1-6H3,(H,28,30)(H,29,31). The van der Waals surface area contributed by atoms with Crippen LogP contribution in [0.25, 0.3) is 0 Å². The maximum atomic E-state index is 14.0. The number of carbonyl (C=O) groups is 2. The Morgan fingerprint density at radius 2 is 1.63 bits per heavy atom. The smallest absolute Gasteiger partial charge is 0.408 e. The third-order valence-electron chi connectivity index (χ3n) is 5.19. The normalized spacial score (nSPS) is 12.7. The zero-order chi connectivity index (χ0) is 26.0. The minimum atomic E-state index is -0.838. The van der Waals surface area contributed by atoms with Gasteiger partial charge < -0.3 is 29.6 Å². The molecule has 2 N–H and O–H groups in total. The molecule has 2 aromatic rings. The molecule has 0 fully saturated rings. The molecule has 2 aromatic carbocycles. The van der Waals surface area contributed by atoms with Crippen molar-refractivity contribution in [2.75, 3.05) is 20.8 Å². The number of amides is 2. The van der Waals surface area contributed by atoms with E-state index in [1.165, 1.54) is 20.3 Å². The molecule has 0 saturated carbocycles. The van der Waals surface area contributed by atoms with Gasteiger partial charge in [0.25, 0.3) is 0 Å². The molecule has 0 radical (unpaired) electrons. The number of ether oxygens (including phenoxy) is 4. The molecule has 0 bridgehead atoms. The molecule has 0 aliphatic carbocycles. The second-order valence-electron chi connectivity index (χ2n) is 8.60. The van der Waals surface area contributed by atoms with Crippen molar-refractivity contribution in [2.24, 2.45) is 5.92 Å². The number of methoxy groups -OCH3 is 2. The van der Waals surface area contributed by atoms with Crippen molar-refractivity contribution in [3.05, 3.63) is 59.4 Å². The van der Waals surface area contributed by atoms with E-state index in [0.29, 0.717) is 22.6 Å². The predicted molar refractivity (Wildman–Crippen MR) is 130 cm³/mol. The van der Waals surface area contributed by atoms with Gasteiger partial charge in [-0.3, -0.25) is 4.79 Å². The summed E-state index contributed by atoms with van der Waals surface area (Å²) in [6, 6.07) is 10.1. The molecule has 0 saturated heterocycles. The Kier molecular flexibility index (Phi) is 10.8. The van der Waals surface area contributed by atoms with Crippen LogP contribution < -0.4 is 20.1 Å². The molecule has 0 heterocycles. The average molecular weight is 491 g/mol. The van der Waals surface area contributed by atoms with Gasteiger partial charge in [0, 0.05) is 5.56 Å². The maximum Gasteiger partial charge on any atom is 0.408 e. The molecular weight excluding hydrogens is 455 g/mol. The van der Waals surface area contributed by atoms with Gasteiger partial charge in [0.05, 0.1) is 39.6 Å². The molecule has 0 aliphatic heterocycles. The number of rotatable bonds is 12. The van der Waals surface area contributed by atoms with Crippen molar-refractivity contribution in [1.29, 1.82) is 0 Å². The van der Waals surface area contributed by atoms with Gasteiger partial charge >= 0.3 is 6.09 Å². The van der Waals surface area contributed by atoms with Crippen LogP contribution in [0.2, 0.25) is 0 Å². The predicted octanol–water partition coefficient (Wildman–Crippen LogP) is 4.38. The van der Waals surface area contributed by atoms with Crippen molar-refractivity contribution < 1.29 is 32.9 Å². The first-order chi connectivity index (χ1) is 16.7. The minimum Gasteiger partial charge on any atom is -0.493 e. The highest BCUT2D eigenvalue weighted by Gasteiger charge is 2.28. The summed E-state index contributed by atoms with van der Waals surface area (Å²) < 4.78 is 35.6. The van der Waals surface area contributed by atoms with Crippen molar-refractivity contribution >= 4 is 12.0 Å². The summed E-state index contributed by atoms with van der Waals surface area (Å²) in [6.07, 6.45) is -0.996. The first kappa shape index (κ1) is 27.9. The topological polar surface area (TPSA) is 95.1 Å². The molecule has 0 spiro atoms. The molecule has 192 valence electrons. The fraction of sp³-hybridized carbons (Fsp3) is 0.462. The molecule has 0 aliphatic rings. The second-order valence-corrected chi connectivity index (χ2v) is 8.60. The van der Waals surface area contributed by atoms with Crippen LogP contribution in [0.5, 0.6) is 11.5 Å². The first-order valence-electron chi connectivity index (χ1n) is 11.5. The lowest BCUT2D eigenvalue weighted by molar-refractivity contribution is -0.125. The lowest BCUT2D eigenvalue weighted by Crippen LogP contribution is -2.51. The Balaban J connectivity index is 2.23. The largest absolute Gasteiger partial charge is 0.493 e. The second kappa shape index (κ2) is 13.5. The first-order valence-corrected chi connectivity index (χ1v) is 11.5. The third-order valence-corrected chi connectivity index (χ3v) is 5.19. The van der Waals surface area contributed by atoms with E-state index in [2.05, 4.69) is 10.6 Å². The van der Waals surface area contributed by atoms with E-state index in [1.807, 2.05) is 13.8 Å². The highest BCUT2D eigenvalue weighted by atomic mass is 19.1. The van der Waals surface area contributed by atoms with E-state index < -0.39 is 24.1 Å². The Hall–Kier alpha value is -3.33. The molecule has 2 rings (SSSR count). The Bertz CT molecular complexity index is 982. The minimum absolute atomic E-state index is 0.0267. The SMILES string of the molecule is COc1ccc(C(COCc2ccccc2F)NC(=O)C(NC(=O)OC(C)C)C(C)C)cc1OC. The molecule has 0 aromatic heterocycles. The summed E-state index contributed by atoms with van der Waals surface area (Å²) in [5.74, 6) is 0.0335. The number of benzene rings is 2. The molecule has 2 atom stereocenters. The zero-order valence-corrected chi connectivity index (χ0v) is 21.1. The summed E-state index contributed by atoms with van der Waals surface area (Å²) in [5.41, 5.74) is 1.10. The van der Waals surface area contributed by atoms with Gasteiger partial charge in [-0.2, -0.15) is 0 Å². The molecular formula is C26H35FN2O6. The molecule has 35 heavy (non-hydrogen) atoms. The zero-order valence-electron chi connectivity index (χ0n) is 21.1. The van der Waals surface area contributed by atoms with Crippen LogP contribution in [0.1, 0.15) is 44.9 Å². The number of hydrogen-bond donors (Lipinski definition) is 2. The van der Waals surface area contributed by atoms with Crippen LogP contribution in [0.3, 0.4) is 0 Å². The van der Waals surface area contributed by atoms with Crippen molar-refractivity contribution in [3.8, 4) is 11.5 Å². The molecule has 9 heteroatoms. The monoisotopic (exact) mass is 490 g/mol. The van der Waals surface area contributed by atoms with Crippen LogP contribution in [0.15, 0.2) is 42.5 Å². The Labute approximate surface area is 206 Å². The summed E-state index contributed by atoms with van der Waals surface area (Å²) in [7, 11) is 3.05. The van der Waals surface area contributed by atoms with Crippen LogP contribution in [0.4, 0.5) is 9.18 Å². The van der Waals surface area contributed by atoms with Gasteiger partial charge in [-0.25, -0.2) is 9.18 Å². The van der Waals surface area contributed by atoms with Gasteiger partial charge in [-0.15, -0.1) is 0 Å². The van der Waals surface area contributed by atoms with Crippen LogP contribution in [-0.4, -0.2) is 45.0 Å². The number of hydrogen-bond acceptors (Lipinski definition) is 6. The van der Waals surface area contributed by atoms with Gasteiger partial charge in [0.2, 0.25) is 5.91 Å². The highest BCUT2D eigenvalue weighted by Crippen LogP contribution is 2.30. The number of nitrogens with one attached hydrogen (secondary N) is 2. The van der Waals surface area contributed by atoms with Crippen LogP contribution in [0, 0.1) is 11.7 Å². The maximum absolute atomic E-state index is 14.0. The molecule has 2 unspecified atom stereocenters. The number of carbonyl (C=O) groups excluding carboxylic acids is 2. The lowest BCUT2D eigenvalue weighted by atomic mass is 10.0. The Morgan fingerprint density at radius 1 is 0.943 bits per heavy atom. The fourth-order valence-electron chi connectivity index (χ4n) is 3.36. The van der Waals surface area contributed by atoms with Crippen molar-refractivity contribution in [1.82, 2.24) is 10.6 Å². The fourth-order valence-corrected chi connectivity index (χ4v) is 3.36. The summed E-state index contributed by atoms with van der Waals surface area (Å²) >= 11 is 0. The number of alkyl carbamates (subject to hydrolysis) is 1. The summed E-state index contributed by atoms with van der Waals surface area (Å²) in [6.45, 7) is 7.17. The van der Waals surface area contributed by atoms with Gasteiger partial charge in [0.1, 0.15) is 11.9 Å². The third kappa shape index (κ3) is 8.43. The van der Waals surface area contributed by atoms with E-state index in [1.54, 1.807) is 50.2 Å². The van der Waals surface area contributed by atoms with Gasteiger partial charge in [-0.1, -0.05) is 38.1 Å². The van der Waals surface area contributed by atoms with Crippen molar-refractivity contribution in [2.45, 2.75) is 52.5 Å². The summed E-state index contributed by atoms with van der Waals surface area (Å²) in [5, 5.41) is 5.57. The van der Waals surface area contributed by atoms with E-state index in [4.69, 9.17) is 18.9 Å². The highest BCUT2D eigenvalue weighted by molar-refractivity contribution is 5.86. The van der Waals surface area contributed by atoms with Crippen molar-refractivity contribution in [3.63, 3.8) is 0 Å². The van der Waals surface area contributed by atoms with E-state index in [9.17, 15) is 14.0 Å². The van der Waals surface area contributed by atoms with Crippen LogP contribution in [-0.2, 0) is 20.9 Å². The van der Waals surface area contributed by atoms with E-state index in [0.717, 1.165) is 0 Å². The van der Waals surface area contributed by atoms with Gasteiger partial charge in [-0.05, 0) is 43.5 Å². The number of halogens is 1. The van der Waals surface area contributed by atoms with E-state index in [-0.39, 0.29) is 31.1 Å². The summed E-state index contributed by atoms with van der Waals surface area (Å²) in [4.78, 5) is 25.3. The quantitative estimate of drug-likeness (QED) is 0.459. The van der Waals surface area contributed by atoms with Crippen LogP contribution >= 0.6 is 0 Å². The lowest BCUT2D eigenvalue weighted by Gasteiger charge is -2.26. The average Bonchev–Trinajstić information content (AvgIpc) is 2.81. The Morgan fingerprint density at radius 3 is 2.23 bits per heavy atom. The molecule has 2 amide bonds.